The van der Waals surface area contributed by atoms with E-state index in [-0.39, 0.29) is 0 Å². The first kappa shape index (κ1) is 11.7. The summed E-state index contributed by atoms with van der Waals surface area (Å²) in [6.07, 6.45) is 0. The summed E-state index contributed by atoms with van der Waals surface area (Å²) < 4.78 is 10.7. The average Bonchev–Trinajstić information content (AvgIpc) is 2.77. The van der Waals surface area contributed by atoms with Gasteiger partial charge in [-0.15, -0.1) is 11.3 Å². The maximum absolute atomic E-state index is 5.61. The second-order valence-electron chi connectivity index (χ2n) is 3.38. The van der Waals surface area contributed by atoms with Gasteiger partial charge in [0.25, 0.3) is 0 Å². The Balaban J connectivity index is 2.37. The molecule has 0 unspecified atom stereocenters. The number of methoxy groups -OCH3 is 1. The molecule has 0 fully saturated rings. The predicted octanol–water partition coefficient (Wildman–Crippen LogP) is 2.80. The smallest absolute Gasteiger partial charge is 0.161 e. The Bertz CT molecular complexity index is 511. The van der Waals surface area contributed by atoms with Gasteiger partial charge in [-0.1, -0.05) is 0 Å². The Morgan fingerprint density at radius 1 is 1.35 bits per heavy atom. The largest absolute Gasteiger partial charge is 0.493 e. The molecule has 0 bridgehead atoms. The van der Waals surface area contributed by atoms with Gasteiger partial charge in [0.1, 0.15) is 10.8 Å². The highest BCUT2D eigenvalue weighted by molar-refractivity contribution is 7.13. The van der Waals surface area contributed by atoms with Crippen LogP contribution < -0.4 is 15.2 Å². The topological polar surface area (TPSA) is 57.4 Å². The van der Waals surface area contributed by atoms with Crippen molar-refractivity contribution in [1.29, 1.82) is 0 Å². The summed E-state index contributed by atoms with van der Waals surface area (Å²) in [5.41, 5.74) is 6.59. The molecule has 2 N–H and O–H groups in total. The van der Waals surface area contributed by atoms with Crippen LogP contribution in [0.15, 0.2) is 23.6 Å². The van der Waals surface area contributed by atoms with Gasteiger partial charge < -0.3 is 15.2 Å². The third-order valence-corrected chi connectivity index (χ3v) is 3.14. The first-order valence-electron chi connectivity index (χ1n) is 5.26. The molecule has 0 spiro atoms. The van der Waals surface area contributed by atoms with E-state index in [4.69, 9.17) is 15.2 Å². The highest BCUT2D eigenvalue weighted by atomic mass is 32.1. The Kier molecular flexibility index (Phi) is 3.49. The van der Waals surface area contributed by atoms with E-state index in [0.29, 0.717) is 18.2 Å². The minimum absolute atomic E-state index is 0.540. The van der Waals surface area contributed by atoms with Crippen molar-refractivity contribution < 1.29 is 9.47 Å². The Hall–Kier alpha value is -1.75. The minimum atomic E-state index is 0.540. The summed E-state index contributed by atoms with van der Waals surface area (Å²) in [6, 6.07) is 5.74. The van der Waals surface area contributed by atoms with Gasteiger partial charge in [-0.25, -0.2) is 4.98 Å². The summed E-state index contributed by atoms with van der Waals surface area (Å²) in [5.74, 6) is 1.99. The lowest BCUT2D eigenvalue weighted by molar-refractivity contribution is 0.311. The van der Waals surface area contributed by atoms with Crippen LogP contribution in [0, 0.1) is 0 Å². The first-order chi connectivity index (χ1) is 8.24. The van der Waals surface area contributed by atoms with Crippen molar-refractivity contribution in [2.75, 3.05) is 19.5 Å². The molecule has 0 saturated heterocycles. The lowest BCUT2D eigenvalue weighted by Gasteiger charge is -2.09. The van der Waals surface area contributed by atoms with Crippen LogP contribution in [0.2, 0.25) is 0 Å². The lowest BCUT2D eigenvalue weighted by atomic mass is 10.2. The highest BCUT2D eigenvalue weighted by Crippen LogP contribution is 2.33. The zero-order valence-electron chi connectivity index (χ0n) is 9.77. The standard InChI is InChI=1S/C12H14N2O2S/c1-3-16-9-5-4-8(6-10(9)15-2)12-14-11(13)7-17-12/h4-7H,3,13H2,1-2H3. The number of rotatable bonds is 4. The fourth-order valence-electron chi connectivity index (χ4n) is 1.49. The monoisotopic (exact) mass is 250 g/mol. The molecule has 1 aromatic carbocycles. The zero-order chi connectivity index (χ0) is 12.3. The van der Waals surface area contributed by atoms with Crippen molar-refractivity contribution in [2.45, 2.75) is 6.92 Å². The van der Waals surface area contributed by atoms with Gasteiger partial charge in [0, 0.05) is 10.9 Å². The van der Waals surface area contributed by atoms with E-state index in [2.05, 4.69) is 4.98 Å². The molecular formula is C12H14N2O2S. The van der Waals surface area contributed by atoms with Crippen molar-refractivity contribution in [3.05, 3.63) is 23.6 Å². The summed E-state index contributed by atoms with van der Waals surface area (Å²) in [7, 11) is 1.62. The molecular weight excluding hydrogens is 236 g/mol. The summed E-state index contributed by atoms with van der Waals surface area (Å²) in [6.45, 7) is 2.55. The third kappa shape index (κ3) is 2.50. The van der Waals surface area contributed by atoms with E-state index in [1.165, 1.54) is 11.3 Å². The third-order valence-electron chi connectivity index (χ3n) is 2.23. The van der Waals surface area contributed by atoms with Crippen molar-refractivity contribution in [3.8, 4) is 22.1 Å². The molecule has 0 aliphatic carbocycles. The molecule has 0 radical (unpaired) electrons. The molecule has 0 amide bonds. The highest BCUT2D eigenvalue weighted by Gasteiger charge is 2.08. The number of thiazole rings is 1. The zero-order valence-corrected chi connectivity index (χ0v) is 10.6. The maximum atomic E-state index is 5.61. The number of nitrogen functional groups attached to an aromatic ring is 1. The number of ether oxygens (including phenoxy) is 2. The van der Waals surface area contributed by atoms with E-state index in [1.54, 1.807) is 7.11 Å². The molecule has 2 aromatic rings. The number of nitrogens with zero attached hydrogens (tertiary/aromatic N) is 1. The molecule has 17 heavy (non-hydrogen) atoms. The van der Waals surface area contributed by atoms with Crippen LogP contribution in [0.3, 0.4) is 0 Å². The van der Waals surface area contributed by atoms with Gasteiger partial charge in [-0.3, -0.25) is 0 Å². The maximum Gasteiger partial charge on any atom is 0.161 e. The molecule has 5 heteroatoms. The minimum Gasteiger partial charge on any atom is -0.493 e. The van der Waals surface area contributed by atoms with Crippen molar-refractivity contribution in [3.63, 3.8) is 0 Å². The fourth-order valence-corrected chi connectivity index (χ4v) is 2.20. The van der Waals surface area contributed by atoms with Gasteiger partial charge in [-0.2, -0.15) is 0 Å². The van der Waals surface area contributed by atoms with Crippen LogP contribution in [0.25, 0.3) is 10.6 Å². The first-order valence-corrected chi connectivity index (χ1v) is 6.14. The number of nitrogens with two attached hydrogens (primary N) is 1. The molecule has 0 aliphatic heterocycles. The van der Waals surface area contributed by atoms with Crippen molar-refractivity contribution in [1.82, 2.24) is 4.98 Å². The predicted molar refractivity (Wildman–Crippen MR) is 69.7 cm³/mol. The molecule has 90 valence electrons. The SMILES string of the molecule is CCOc1ccc(-c2nc(N)cs2)cc1OC. The van der Waals surface area contributed by atoms with Crippen LogP contribution in [0.5, 0.6) is 11.5 Å². The molecule has 2 rings (SSSR count). The Morgan fingerprint density at radius 2 is 2.18 bits per heavy atom. The number of hydrogen-bond acceptors (Lipinski definition) is 5. The van der Waals surface area contributed by atoms with E-state index >= 15 is 0 Å². The summed E-state index contributed by atoms with van der Waals surface area (Å²) >= 11 is 1.51. The van der Waals surface area contributed by atoms with Gasteiger partial charge in [0.05, 0.1) is 13.7 Å². The number of aromatic nitrogens is 1. The molecule has 1 heterocycles. The van der Waals surface area contributed by atoms with Gasteiger partial charge in [0.15, 0.2) is 11.5 Å². The molecule has 0 saturated carbocycles. The molecule has 1 aromatic heterocycles. The number of anilines is 1. The van der Waals surface area contributed by atoms with Crippen LogP contribution >= 0.6 is 11.3 Å². The fraction of sp³-hybridized carbons (Fsp3) is 0.250. The number of hydrogen-bond donors (Lipinski definition) is 1. The van der Waals surface area contributed by atoms with E-state index < -0.39 is 0 Å². The molecule has 4 nitrogen and oxygen atoms in total. The van der Waals surface area contributed by atoms with E-state index in [1.807, 2.05) is 30.5 Å². The lowest BCUT2D eigenvalue weighted by Crippen LogP contribution is -1.95. The number of benzene rings is 1. The van der Waals surface area contributed by atoms with Gasteiger partial charge in [0.2, 0.25) is 0 Å². The average molecular weight is 250 g/mol. The van der Waals surface area contributed by atoms with Crippen LogP contribution in [-0.4, -0.2) is 18.7 Å². The Morgan fingerprint density at radius 3 is 2.76 bits per heavy atom. The van der Waals surface area contributed by atoms with Crippen LogP contribution in [0.4, 0.5) is 5.82 Å². The van der Waals surface area contributed by atoms with Gasteiger partial charge in [-0.05, 0) is 25.1 Å². The van der Waals surface area contributed by atoms with Crippen LogP contribution in [0.1, 0.15) is 6.92 Å². The summed E-state index contributed by atoms with van der Waals surface area (Å²) in [4.78, 5) is 4.23. The van der Waals surface area contributed by atoms with Crippen molar-refractivity contribution >= 4 is 17.2 Å². The second kappa shape index (κ2) is 5.05. The summed E-state index contributed by atoms with van der Waals surface area (Å²) in [5, 5.41) is 2.70. The molecule has 0 atom stereocenters. The van der Waals surface area contributed by atoms with E-state index in [9.17, 15) is 0 Å². The quantitative estimate of drug-likeness (QED) is 0.906. The molecule has 0 aliphatic rings. The van der Waals surface area contributed by atoms with E-state index in [0.717, 1.165) is 16.3 Å². The normalized spacial score (nSPS) is 10.2. The van der Waals surface area contributed by atoms with Crippen molar-refractivity contribution in [2.24, 2.45) is 0 Å². The van der Waals surface area contributed by atoms with Crippen LogP contribution in [-0.2, 0) is 0 Å². The second-order valence-corrected chi connectivity index (χ2v) is 4.23. The Labute approximate surface area is 104 Å². The van der Waals surface area contributed by atoms with Gasteiger partial charge >= 0.3 is 0 Å².